The van der Waals surface area contributed by atoms with Crippen molar-refractivity contribution in [2.24, 2.45) is 11.8 Å². The quantitative estimate of drug-likeness (QED) is 0.419. The fraction of sp³-hybridized carbons (Fsp3) is 0.882. The maximum absolute atomic E-state index is 11.7. The van der Waals surface area contributed by atoms with Gasteiger partial charge in [0.2, 0.25) is 0 Å². The van der Waals surface area contributed by atoms with E-state index in [9.17, 15) is 9.59 Å². The van der Waals surface area contributed by atoms with Gasteiger partial charge in [0.15, 0.2) is 0 Å². The molecule has 2 aliphatic carbocycles. The Kier molecular flexibility index (Phi) is 4.28. The molecule has 0 aromatic rings. The van der Waals surface area contributed by atoms with Gasteiger partial charge in [-0.15, -0.1) is 0 Å². The van der Waals surface area contributed by atoms with Gasteiger partial charge in [-0.25, -0.2) is 0 Å². The van der Waals surface area contributed by atoms with Crippen LogP contribution in [0, 0.1) is 11.8 Å². The van der Waals surface area contributed by atoms with Crippen LogP contribution in [0.4, 0.5) is 0 Å². The zero-order valence-electron chi connectivity index (χ0n) is 13.3. The molecule has 6 nitrogen and oxygen atoms in total. The number of carbonyl (C=O) groups excluding carboxylic acids is 2. The molecule has 0 radical (unpaired) electrons. The lowest BCUT2D eigenvalue weighted by atomic mass is 9.90. The molecule has 2 aliphatic heterocycles. The van der Waals surface area contributed by atoms with Gasteiger partial charge in [0.25, 0.3) is 0 Å². The van der Waals surface area contributed by atoms with Gasteiger partial charge in [-0.2, -0.15) is 0 Å². The van der Waals surface area contributed by atoms with Crippen LogP contribution in [-0.2, 0) is 28.5 Å². The minimum atomic E-state index is -0.483. The predicted octanol–water partition coefficient (Wildman–Crippen LogP) is 1.60. The first-order chi connectivity index (χ1) is 11.2. The first-order valence-corrected chi connectivity index (χ1v) is 8.79. The zero-order valence-corrected chi connectivity index (χ0v) is 13.3. The molecule has 5 unspecified atom stereocenters. The third-order valence-corrected chi connectivity index (χ3v) is 5.47. The van der Waals surface area contributed by atoms with Crippen molar-refractivity contribution in [1.29, 1.82) is 0 Å². The first-order valence-electron chi connectivity index (χ1n) is 8.79. The Labute approximate surface area is 135 Å². The van der Waals surface area contributed by atoms with Crippen LogP contribution in [0.1, 0.15) is 44.9 Å². The maximum atomic E-state index is 11.7. The number of hydrogen-bond acceptors (Lipinski definition) is 6. The molecule has 0 aromatic carbocycles. The number of rotatable bonds is 6. The van der Waals surface area contributed by atoms with Gasteiger partial charge >= 0.3 is 11.9 Å². The van der Waals surface area contributed by atoms with Gasteiger partial charge in [0.05, 0.1) is 37.6 Å². The van der Waals surface area contributed by atoms with Crippen molar-refractivity contribution in [3.8, 4) is 0 Å². The third kappa shape index (κ3) is 4.04. The summed E-state index contributed by atoms with van der Waals surface area (Å²) in [6.07, 6.45) is 7.49. The van der Waals surface area contributed by atoms with Crippen LogP contribution in [0.25, 0.3) is 0 Å². The van der Waals surface area contributed by atoms with Gasteiger partial charge < -0.3 is 18.9 Å². The summed E-state index contributed by atoms with van der Waals surface area (Å²) in [5.41, 5.74) is 0. The summed E-state index contributed by atoms with van der Waals surface area (Å²) in [7, 11) is 0. The van der Waals surface area contributed by atoms with Crippen molar-refractivity contribution in [2.75, 3.05) is 13.2 Å². The van der Waals surface area contributed by atoms with Gasteiger partial charge in [-0.05, 0) is 50.4 Å². The largest absolute Gasteiger partial charge is 0.465 e. The second-order valence-electron chi connectivity index (χ2n) is 7.33. The summed E-state index contributed by atoms with van der Waals surface area (Å²) < 4.78 is 21.4. The zero-order chi connectivity index (χ0) is 15.8. The number of fused-ring (bicyclic) bond motifs is 2. The van der Waals surface area contributed by atoms with E-state index in [1.807, 2.05) is 0 Å². The molecule has 4 fully saturated rings. The van der Waals surface area contributed by atoms with Crippen LogP contribution in [0.3, 0.4) is 0 Å². The second-order valence-corrected chi connectivity index (χ2v) is 7.33. The number of ether oxygens (including phenoxy) is 4. The van der Waals surface area contributed by atoms with Crippen molar-refractivity contribution >= 4 is 11.9 Å². The molecule has 2 saturated carbocycles. The molecule has 4 aliphatic rings. The average Bonchev–Trinajstić information content (AvgIpc) is 3.43. The Morgan fingerprint density at radius 3 is 1.65 bits per heavy atom. The topological polar surface area (TPSA) is 77.7 Å². The van der Waals surface area contributed by atoms with Crippen molar-refractivity contribution in [3.63, 3.8) is 0 Å². The molecule has 4 rings (SSSR count). The molecule has 6 atom stereocenters. The van der Waals surface area contributed by atoms with E-state index in [2.05, 4.69) is 0 Å². The predicted molar refractivity (Wildman–Crippen MR) is 78.5 cm³/mol. The highest BCUT2D eigenvalue weighted by Crippen LogP contribution is 2.40. The third-order valence-electron chi connectivity index (χ3n) is 5.47. The minimum absolute atomic E-state index is 0.287. The van der Waals surface area contributed by atoms with E-state index in [-0.39, 0.29) is 6.42 Å². The average molecular weight is 324 g/mol. The molecule has 2 heterocycles. The molecule has 6 heteroatoms. The standard InChI is InChI=1S/C17H24O6/c18-16(20-8-10-1-3-12-14(5-10)22-12)7-17(19)21-9-11-2-4-13-15(6-11)23-13/h10-15H,1-9H2/t10?,11?,12-,13?,14?,15?/m0/s1. The van der Waals surface area contributed by atoms with Crippen LogP contribution in [0.5, 0.6) is 0 Å². The summed E-state index contributed by atoms with van der Waals surface area (Å²) in [5.74, 6) is -0.231. The van der Waals surface area contributed by atoms with E-state index < -0.39 is 11.9 Å². The maximum Gasteiger partial charge on any atom is 0.317 e. The Bertz CT molecular complexity index is 436. The van der Waals surface area contributed by atoms with Gasteiger partial charge in [-0.1, -0.05) is 0 Å². The molecule has 0 amide bonds. The van der Waals surface area contributed by atoms with Gasteiger partial charge in [0.1, 0.15) is 6.42 Å². The molecule has 0 bridgehead atoms. The second kappa shape index (κ2) is 6.40. The van der Waals surface area contributed by atoms with E-state index in [0.29, 0.717) is 49.5 Å². The van der Waals surface area contributed by atoms with Gasteiger partial charge in [-0.3, -0.25) is 9.59 Å². The summed E-state index contributed by atoms with van der Waals surface area (Å²) >= 11 is 0. The summed E-state index contributed by atoms with van der Waals surface area (Å²) in [5, 5.41) is 0. The van der Waals surface area contributed by atoms with Crippen LogP contribution in [-0.4, -0.2) is 49.6 Å². The number of carbonyl (C=O) groups is 2. The van der Waals surface area contributed by atoms with Crippen molar-refractivity contribution < 1.29 is 28.5 Å². The fourth-order valence-corrected chi connectivity index (χ4v) is 3.92. The van der Waals surface area contributed by atoms with Crippen LogP contribution in [0.15, 0.2) is 0 Å². The molecule has 2 saturated heterocycles. The lowest BCUT2D eigenvalue weighted by Crippen LogP contribution is -2.24. The van der Waals surface area contributed by atoms with Gasteiger partial charge in [0, 0.05) is 0 Å². The normalized spacial score (nSPS) is 40.5. The first kappa shape index (κ1) is 15.4. The summed E-state index contributed by atoms with van der Waals surface area (Å²) in [6, 6.07) is 0. The Morgan fingerprint density at radius 2 is 1.22 bits per heavy atom. The molecule has 23 heavy (non-hydrogen) atoms. The number of esters is 2. The summed E-state index contributed by atoms with van der Waals surface area (Å²) in [4.78, 5) is 23.4. The van der Waals surface area contributed by atoms with Crippen molar-refractivity contribution in [3.05, 3.63) is 0 Å². The summed E-state index contributed by atoms with van der Waals surface area (Å²) in [6.45, 7) is 0.781. The monoisotopic (exact) mass is 324 g/mol. The smallest absolute Gasteiger partial charge is 0.317 e. The van der Waals surface area contributed by atoms with Crippen molar-refractivity contribution in [1.82, 2.24) is 0 Å². The molecule has 0 N–H and O–H groups in total. The van der Waals surface area contributed by atoms with Crippen molar-refractivity contribution in [2.45, 2.75) is 69.4 Å². The van der Waals surface area contributed by atoms with E-state index in [4.69, 9.17) is 18.9 Å². The highest BCUT2D eigenvalue weighted by atomic mass is 16.6. The Morgan fingerprint density at radius 1 is 0.739 bits per heavy atom. The van der Waals surface area contributed by atoms with Crippen LogP contribution < -0.4 is 0 Å². The molecule has 0 aromatic heterocycles. The molecular weight excluding hydrogens is 300 g/mol. The van der Waals surface area contributed by atoms with E-state index in [1.54, 1.807) is 0 Å². The number of epoxide rings is 2. The van der Waals surface area contributed by atoms with Crippen LogP contribution in [0.2, 0.25) is 0 Å². The van der Waals surface area contributed by atoms with E-state index in [0.717, 1.165) is 38.5 Å². The lowest BCUT2D eigenvalue weighted by molar-refractivity contribution is -0.156. The Balaban J connectivity index is 1.09. The molecule has 128 valence electrons. The Hall–Kier alpha value is -1.14. The SMILES string of the molecule is O=C(CC(=O)OCC1CC[C@@H]2OC2C1)OCC1CCC2OC2C1. The number of hydrogen-bond donors (Lipinski definition) is 0. The van der Waals surface area contributed by atoms with E-state index >= 15 is 0 Å². The highest BCUT2D eigenvalue weighted by molar-refractivity contribution is 5.91. The molecular formula is C17H24O6. The molecule has 0 spiro atoms. The minimum Gasteiger partial charge on any atom is -0.465 e. The highest BCUT2D eigenvalue weighted by Gasteiger charge is 2.44. The van der Waals surface area contributed by atoms with Crippen LogP contribution >= 0.6 is 0 Å². The lowest BCUT2D eigenvalue weighted by Gasteiger charge is -2.19. The van der Waals surface area contributed by atoms with E-state index in [1.165, 1.54) is 0 Å². The fourth-order valence-electron chi connectivity index (χ4n) is 3.92.